The zero-order chi connectivity index (χ0) is 15.3. The Morgan fingerprint density at radius 1 is 1.57 bits per heavy atom. The number of aromatic nitrogens is 1. The second-order valence-electron chi connectivity index (χ2n) is 5.78. The molecule has 1 aromatic rings. The van der Waals surface area contributed by atoms with E-state index in [9.17, 15) is 8.42 Å². The van der Waals surface area contributed by atoms with Crippen molar-refractivity contribution in [1.29, 1.82) is 0 Å². The van der Waals surface area contributed by atoms with Gasteiger partial charge in [-0.05, 0) is 38.1 Å². The number of nitrogens with zero attached hydrogens (tertiary/aromatic N) is 2. The summed E-state index contributed by atoms with van der Waals surface area (Å²) in [5.74, 6) is 0.421. The molecule has 1 N–H and O–H groups in total. The van der Waals surface area contributed by atoms with Crippen LogP contribution in [0.15, 0.2) is 11.7 Å². The molecular formula is C14H25N3O2S2. The summed E-state index contributed by atoms with van der Waals surface area (Å²) in [5.41, 5.74) is 1.86. The van der Waals surface area contributed by atoms with Crippen LogP contribution in [-0.2, 0) is 10.0 Å². The number of sulfonamides is 1. The van der Waals surface area contributed by atoms with Crippen molar-refractivity contribution in [3.8, 4) is 0 Å². The van der Waals surface area contributed by atoms with Gasteiger partial charge in [0.2, 0.25) is 10.0 Å². The van der Waals surface area contributed by atoms with Gasteiger partial charge >= 0.3 is 0 Å². The molecule has 2 atom stereocenters. The molecule has 1 saturated heterocycles. The summed E-state index contributed by atoms with van der Waals surface area (Å²) >= 11 is 1.67. The Bertz CT molecular complexity index is 516. The van der Waals surface area contributed by atoms with E-state index < -0.39 is 10.0 Å². The smallest absolute Gasteiger partial charge is 0.211 e. The summed E-state index contributed by atoms with van der Waals surface area (Å²) in [6.45, 7) is 4.46. The first-order valence-corrected chi connectivity index (χ1v) is 10.3. The molecular weight excluding hydrogens is 306 g/mol. The number of hydrogen-bond acceptors (Lipinski definition) is 5. The molecule has 5 nitrogen and oxygen atoms in total. The number of rotatable bonds is 7. The van der Waals surface area contributed by atoms with E-state index >= 15 is 0 Å². The Hall–Kier alpha value is -0.500. The van der Waals surface area contributed by atoms with E-state index in [4.69, 9.17) is 0 Å². The van der Waals surface area contributed by atoms with Gasteiger partial charge in [0.15, 0.2) is 0 Å². The van der Waals surface area contributed by atoms with Gasteiger partial charge in [-0.25, -0.2) is 12.7 Å². The van der Waals surface area contributed by atoms with Gasteiger partial charge in [0, 0.05) is 30.2 Å². The van der Waals surface area contributed by atoms with E-state index in [0.29, 0.717) is 25.0 Å². The monoisotopic (exact) mass is 331 g/mol. The van der Waals surface area contributed by atoms with Crippen molar-refractivity contribution < 1.29 is 8.42 Å². The Morgan fingerprint density at radius 2 is 2.38 bits per heavy atom. The molecule has 0 bridgehead atoms. The average molecular weight is 332 g/mol. The molecule has 1 aliphatic heterocycles. The van der Waals surface area contributed by atoms with E-state index in [0.717, 1.165) is 32.2 Å². The van der Waals surface area contributed by atoms with Crippen LogP contribution in [0.4, 0.5) is 0 Å². The fraction of sp³-hybridized carbons (Fsp3) is 0.786. The standard InChI is InChI=1S/C14H25N3O2S2/c1-3-6-16-13(14-9-15-11-20-14)8-12-5-4-7-17(10-12)21(2,18)19/h9,11-13,16H,3-8,10H2,1-2H3. The van der Waals surface area contributed by atoms with E-state index in [1.807, 2.05) is 11.7 Å². The Balaban J connectivity index is 1.99. The maximum absolute atomic E-state index is 11.7. The highest BCUT2D eigenvalue weighted by Gasteiger charge is 2.28. The molecule has 0 amide bonds. The minimum atomic E-state index is -3.06. The van der Waals surface area contributed by atoms with Crippen molar-refractivity contribution in [2.45, 2.75) is 38.6 Å². The molecule has 21 heavy (non-hydrogen) atoms. The van der Waals surface area contributed by atoms with E-state index in [1.54, 1.807) is 15.6 Å². The first-order chi connectivity index (χ1) is 10.0. The third kappa shape index (κ3) is 5.02. The summed E-state index contributed by atoms with van der Waals surface area (Å²) in [7, 11) is -3.06. The maximum Gasteiger partial charge on any atom is 0.211 e. The van der Waals surface area contributed by atoms with Crippen LogP contribution < -0.4 is 5.32 Å². The lowest BCUT2D eigenvalue weighted by atomic mass is 9.92. The molecule has 7 heteroatoms. The Morgan fingerprint density at radius 3 is 3.00 bits per heavy atom. The molecule has 0 aromatic carbocycles. The second-order valence-corrected chi connectivity index (χ2v) is 8.68. The molecule has 120 valence electrons. The molecule has 2 rings (SSSR count). The van der Waals surface area contributed by atoms with E-state index in [-0.39, 0.29) is 0 Å². The summed E-state index contributed by atoms with van der Waals surface area (Å²) in [5, 5.41) is 3.58. The fourth-order valence-electron chi connectivity index (χ4n) is 2.87. The van der Waals surface area contributed by atoms with Gasteiger partial charge in [-0.2, -0.15) is 0 Å². The first-order valence-electron chi connectivity index (χ1n) is 7.57. The topological polar surface area (TPSA) is 62.3 Å². The third-order valence-corrected chi connectivity index (χ3v) is 6.11. The van der Waals surface area contributed by atoms with Crippen LogP contribution in [0.3, 0.4) is 0 Å². The molecule has 0 radical (unpaired) electrons. The number of hydrogen-bond donors (Lipinski definition) is 1. The third-order valence-electron chi connectivity index (χ3n) is 3.96. The molecule has 1 fully saturated rings. The quantitative estimate of drug-likeness (QED) is 0.832. The SMILES string of the molecule is CCCNC(CC1CCCN(S(C)(=O)=O)C1)c1cncs1. The van der Waals surface area contributed by atoms with Crippen LogP contribution in [0.5, 0.6) is 0 Å². The van der Waals surface area contributed by atoms with Crippen molar-refractivity contribution in [3.05, 3.63) is 16.6 Å². The first kappa shape index (κ1) is 16.9. The molecule has 0 aliphatic carbocycles. The minimum Gasteiger partial charge on any atom is -0.309 e. The minimum absolute atomic E-state index is 0.293. The predicted molar refractivity (Wildman–Crippen MR) is 86.9 cm³/mol. The number of nitrogens with one attached hydrogen (secondary N) is 1. The Kier molecular flexibility index (Phi) is 6.16. The van der Waals surface area contributed by atoms with Gasteiger partial charge in [-0.3, -0.25) is 4.98 Å². The Labute approximate surface area is 131 Å². The fourth-order valence-corrected chi connectivity index (χ4v) is 4.52. The van der Waals surface area contributed by atoms with Crippen molar-refractivity contribution >= 4 is 21.4 Å². The highest BCUT2D eigenvalue weighted by molar-refractivity contribution is 7.88. The summed E-state index contributed by atoms with van der Waals surface area (Å²) in [4.78, 5) is 5.42. The van der Waals surface area contributed by atoms with Crippen LogP contribution in [0.25, 0.3) is 0 Å². The van der Waals surface area contributed by atoms with Crippen LogP contribution >= 0.6 is 11.3 Å². The van der Waals surface area contributed by atoms with Crippen molar-refractivity contribution in [2.24, 2.45) is 5.92 Å². The van der Waals surface area contributed by atoms with E-state index in [1.165, 1.54) is 11.1 Å². The van der Waals surface area contributed by atoms with Crippen LogP contribution in [0.1, 0.15) is 43.5 Å². The lowest BCUT2D eigenvalue weighted by molar-refractivity contribution is 0.239. The number of piperidine rings is 1. The molecule has 2 heterocycles. The molecule has 2 unspecified atom stereocenters. The average Bonchev–Trinajstić information content (AvgIpc) is 2.97. The maximum atomic E-state index is 11.7. The second kappa shape index (κ2) is 7.67. The van der Waals surface area contributed by atoms with Crippen LogP contribution in [-0.4, -0.2) is 43.6 Å². The van der Waals surface area contributed by atoms with Crippen molar-refractivity contribution in [3.63, 3.8) is 0 Å². The highest BCUT2D eigenvalue weighted by Crippen LogP contribution is 2.30. The van der Waals surface area contributed by atoms with Gasteiger partial charge in [-0.15, -0.1) is 11.3 Å². The molecule has 1 aromatic heterocycles. The lowest BCUT2D eigenvalue weighted by Gasteiger charge is -2.33. The largest absolute Gasteiger partial charge is 0.309 e. The van der Waals surface area contributed by atoms with Gasteiger partial charge in [0.1, 0.15) is 0 Å². The zero-order valence-electron chi connectivity index (χ0n) is 12.8. The van der Waals surface area contributed by atoms with Gasteiger partial charge in [-0.1, -0.05) is 6.92 Å². The lowest BCUT2D eigenvalue weighted by Crippen LogP contribution is -2.40. The number of thiazole rings is 1. The van der Waals surface area contributed by atoms with Gasteiger partial charge in [0.05, 0.1) is 11.8 Å². The zero-order valence-corrected chi connectivity index (χ0v) is 14.4. The normalized spacial score (nSPS) is 22.3. The van der Waals surface area contributed by atoms with Gasteiger partial charge in [0.25, 0.3) is 0 Å². The van der Waals surface area contributed by atoms with Crippen molar-refractivity contribution in [1.82, 2.24) is 14.6 Å². The molecule has 0 spiro atoms. The van der Waals surface area contributed by atoms with Gasteiger partial charge < -0.3 is 5.32 Å². The van der Waals surface area contributed by atoms with Crippen LogP contribution in [0.2, 0.25) is 0 Å². The molecule has 1 aliphatic rings. The highest BCUT2D eigenvalue weighted by atomic mass is 32.2. The van der Waals surface area contributed by atoms with Crippen molar-refractivity contribution in [2.75, 3.05) is 25.9 Å². The van der Waals surface area contributed by atoms with E-state index in [2.05, 4.69) is 17.2 Å². The summed E-state index contributed by atoms with van der Waals surface area (Å²) in [6.07, 6.45) is 7.38. The predicted octanol–water partition coefficient (Wildman–Crippen LogP) is 2.25. The molecule has 0 saturated carbocycles. The summed E-state index contributed by atoms with van der Waals surface area (Å²) in [6, 6.07) is 0.293. The van der Waals surface area contributed by atoms with Crippen LogP contribution in [0, 0.1) is 5.92 Å². The summed E-state index contributed by atoms with van der Waals surface area (Å²) < 4.78 is 25.1.